The molecule has 82 valence electrons. The molecular formula is C14H14O2. The number of hydrogen-bond acceptors (Lipinski definition) is 2. The molecule has 0 aliphatic carbocycles. The van der Waals surface area contributed by atoms with Gasteiger partial charge in [0.15, 0.2) is 5.78 Å². The van der Waals surface area contributed by atoms with Crippen LogP contribution in [-0.2, 0) is 0 Å². The van der Waals surface area contributed by atoms with Gasteiger partial charge in [0.05, 0.1) is 0 Å². The van der Waals surface area contributed by atoms with Crippen LogP contribution in [0.4, 0.5) is 0 Å². The lowest BCUT2D eigenvalue weighted by Gasteiger charge is -2.06. The minimum Gasteiger partial charge on any atom is -0.507 e. The van der Waals surface area contributed by atoms with Gasteiger partial charge in [0.2, 0.25) is 0 Å². The van der Waals surface area contributed by atoms with Crippen molar-refractivity contribution in [1.29, 1.82) is 0 Å². The maximum Gasteiger partial charge on any atom is 0.163 e. The third-order valence-electron chi connectivity index (χ3n) is 2.68. The molecule has 0 atom stereocenters. The summed E-state index contributed by atoms with van der Waals surface area (Å²) in [5.74, 6) is 0.363. The molecule has 0 saturated carbocycles. The molecule has 2 heteroatoms. The number of hydrogen-bond donors (Lipinski definition) is 1. The number of fused-ring (bicyclic) bond motifs is 1. The Bertz CT molecular complexity index is 529. The molecule has 0 spiro atoms. The average molecular weight is 214 g/mol. The monoisotopic (exact) mass is 214 g/mol. The Hall–Kier alpha value is -1.83. The summed E-state index contributed by atoms with van der Waals surface area (Å²) in [6.45, 7) is 1.99. The zero-order chi connectivity index (χ0) is 11.5. The Kier molecular flexibility index (Phi) is 2.91. The van der Waals surface area contributed by atoms with Gasteiger partial charge in [-0.1, -0.05) is 31.2 Å². The summed E-state index contributed by atoms with van der Waals surface area (Å²) in [5.41, 5.74) is 0.704. The fourth-order valence-corrected chi connectivity index (χ4v) is 1.89. The van der Waals surface area contributed by atoms with Gasteiger partial charge >= 0.3 is 0 Å². The van der Waals surface area contributed by atoms with Crippen LogP contribution in [0, 0.1) is 0 Å². The molecule has 2 aromatic rings. The second-order valence-corrected chi connectivity index (χ2v) is 3.85. The van der Waals surface area contributed by atoms with Gasteiger partial charge in [0.25, 0.3) is 0 Å². The van der Waals surface area contributed by atoms with E-state index in [1.54, 1.807) is 12.1 Å². The fourth-order valence-electron chi connectivity index (χ4n) is 1.89. The molecule has 1 N–H and O–H groups in total. The van der Waals surface area contributed by atoms with Crippen LogP contribution in [0.1, 0.15) is 30.1 Å². The number of carbonyl (C=O) groups excluding carboxylic acids is 1. The van der Waals surface area contributed by atoms with Crippen LogP contribution < -0.4 is 0 Å². The highest BCUT2D eigenvalue weighted by Crippen LogP contribution is 2.28. The summed E-state index contributed by atoms with van der Waals surface area (Å²) in [6, 6.07) is 10.7. The Balaban J connectivity index is 2.63. The van der Waals surface area contributed by atoms with Crippen LogP contribution in [0.5, 0.6) is 5.75 Å². The normalized spacial score (nSPS) is 10.6. The molecule has 0 heterocycles. The maximum absolute atomic E-state index is 11.9. The molecule has 16 heavy (non-hydrogen) atoms. The molecular weight excluding hydrogens is 200 g/mol. The maximum atomic E-state index is 11.9. The van der Waals surface area contributed by atoms with E-state index in [9.17, 15) is 9.90 Å². The highest BCUT2D eigenvalue weighted by molar-refractivity contribution is 6.09. The topological polar surface area (TPSA) is 37.3 Å². The van der Waals surface area contributed by atoms with Crippen LogP contribution in [0.3, 0.4) is 0 Å². The van der Waals surface area contributed by atoms with Crippen molar-refractivity contribution in [2.24, 2.45) is 0 Å². The Labute approximate surface area is 94.5 Å². The largest absolute Gasteiger partial charge is 0.507 e. The molecule has 0 unspecified atom stereocenters. The molecule has 0 amide bonds. The highest BCUT2D eigenvalue weighted by Gasteiger charge is 2.10. The molecule has 0 aliphatic heterocycles. The summed E-state index contributed by atoms with van der Waals surface area (Å²) in [5, 5.41) is 11.3. The predicted molar refractivity (Wildman–Crippen MR) is 64.9 cm³/mol. The van der Waals surface area contributed by atoms with Gasteiger partial charge in [-0.05, 0) is 23.9 Å². The van der Waals surface area contributed by atoms with Crippen molar-refractivity contribution in [3.63, 3.8) is 0 Å². The minimum absolute atomic E-state index is 0.138. The predicted octanol–water partition coefficient (Wildman–Crippen LogP) is 3.53. The summed E-state index contributed by atoms with van der Waals surface area (Å²) in [4.78, 5) is 11.9. The van der Waals surface area contributed by atoms with Crippen molar-refractivity contribution in [3.05, 3.63) is 42.0 Å². The molecule has 0 saturated heterocycles. The quantitative estimate of drug-likeness (QED) is 0.793. The Morgan fingerprint density at radius 1 is 1.12 bits per heavy atom. The first kappa shape index (κ1) is 10.7. The van der Waals surface area contributed by atoms with Gasteiger partial charge in [0, 0.05) is 17.4 Å². The second kappa shape index (κ2) is 4.35. The number of phenolic OH excluding ortho intramolecular Hbond substituents is 1. The summed E-state index contributed by atoms with van der Waals surface area (Å²) in [6.07, 6.45) is 1.39. The van der Waals surface area contributed by atoms with Crippen molar-refractivity contribution in [2.45, 2.75) is 19.8 Å². The molecule has 2 rings (SSSR count). The van der Waals surface area contributed by atoms with E-state index in [2.05, 4.69) is 0 Å². The van der Waals surface area contributed by atoms with Crippen LogP contribution >= 0.6 is 0 Å². The summed E-state index contributed by atoms with van der Waals surface area (Å²) in [7, 11) is 0. The first-order valence-electron chi connectivity index (χ1n) is 5.48. The van der Waals surface area contributed by atoms with Crippen molar-refractivity contribution < 1.29 is 9.90 Å². The lowest BCUT2D eigenvalue weighted by molar-refractivity contribution is 0.0983. The van der Waals surface area contributed by atoms with E-state index < -0.39 is 0 Å². The van der Waals surface area contributed by atoms with Crippen molar-refractivity contribution in [3.8, 4) is 5.75 Å². The zero-order valence-electron chi connectivity index (χ0n) is 9.23. The molecule has 0 aromatic heterocycles. The first-order valence-corrected chi connectivity index (χ1v) is 5.48. The van der Waals surface area contributed by atoms with Gasteiger partial charge in [-0.15, -0.1) is 0 Å². The van der Waals surface area contributed by atoms with Crippen LogP contribution in [-0.4, -0.2) is 10.9 Å². The van der Waals surface area contributed by atoms with E-state index in [4.69, 9.17) is 0 Å². The van der Waals surface area contributed by atoms with E-state index in [0.29, 0.717) is 12.0 Å². The number of rotatable bonds is 3. The lowest BCUT2D eigenvalue weighted by atomic mass is 9.99. The number of carbonyl (C=O) groups is 1. The second-order valence-electron chi connectivity index (χ2n) is 3.85. The van der Waals surface area contributed by atoms with Crippen molar-refractivity contribution in [1.82, 2.24) is 0 Å². The first-order chi connectivity index (χ1) is 7.74. The van der Waals surface area contributed by atoms with Gasteiger partial charge in [-0.2, -0.15) is 0 Å². The average Bonchev–Trinajstić information content (AvgIpc) is 2.30. The minimum atomic E-state index is 0.138. The Morgan fingerprint density at radius 3 is 2.50 bits per heavy atom. The zero-order valence-corrected chi connectivity index (χ0v) is 9.23. The van der Waals surface area contributed by atoms with Crippen molar-refractivity contribution in [2.75, 3.05) is 0 Å². The van der Waals surface area contributed by atoms with Crippen molar-refractivity contribution >= 4 is 16.6 Å². The fraction of sp³-hybridized carbons (Fsp3) is 0.214. The number of aromatic hydroxyl groups is 1. The number of ketones is 1. The molecule has 0 fully saturated rings. The van der Waals surface area contributed by atoms with E-state index in [1.807, 2.05) is 31.2 Å². The van der Waals surface area contributed by atoms with Crippen LogP contribution in [0.25, 0.3) is 10.8 Å². The molecule has 0 aliphatic rings. The molecule has 2 nitrogen and oxygen atoms in total. The molecule has 0 radical (unpaired) electrons. The standard InChI is InChI=1S/C14H14O2/c1-2-5-13(15)12-8-9-14(16)11-7-4-3-6-10(11)12/h3-4,6-9,16H,2,5H2,1H3. The highest BCUT2D eigenvalue weighted by atomic mass is 16.3. The Morgan fingerprint density at radius 2 is 1.81 bits per heavy atom. The van der Waals surface area contributed by atoms with E-state index >= 15 is 0 Å². The summed E-state index contributed by atoms with van der Waals surface area (Å²) < 4.78 is 0. The van der Waals surface area contributed by atoms with E-state index in [-0.39, 0.29) is 11.5 Å². The third-order valence-corrected chi connectivity index (χ3v) is 2.68. The van der Waals surface area contributed by atoms with Crippen LogP contribution in [0.2, 0.25) is 0 Å². The van der Waals surface area contributed by atoms with E-state index in [1.165, 1.54) is 0 Å². The number of benzene rings is 2. The van der Waals surface area contributed by atoms with Gasteiger partial charge in [-0.3, -0.25) is 4.79 Å². The third kappa shape index (κ3) is 1.78. The van der Waals surface area contributed by atoms with Gasteiger partial charge in [-0.25, -0.2) is 0 Å². The van der Waals surface area contributed by atoms with Crippen LogP contribution in [0.15, 0.2) is 36.4 Å². The smallest absolute Gasteiger partial charge is 0.163 e. The molecule has 2 aromatic carbocycles. The molecule has 0 bridgehead atoms. The number of phenols is 1. The van der Waals surface area contributed by atoms with Gasteiger partial charge in [0.1, 0.15) is 5.75 Å². The van der Waals surface area contributed by atoms with E-state index in [0.717, 1.165) is 17.2 Å². The van der Waals surface area contributed by atoms with Gasteiger partial charge < -0.3 is 5.11 Å². The summed E-state index contributed by atoms with van der Waals surface area (Å²) >= 11 is 0. The SMILES string of the molecule is CCCC(=O)c1ccc(O)c2ccccc12. The number of Topliss-reactive ketones (excluding diaryl/α,β-unsaturated/α-hetero) is 1. The lowest BCUT2D eigenvalue weighted by Crippen LogP contribution is -1.99.